The van der Waals surface area contributed by atoms with E-state index in [9.17, 15) is 26.7 Å². The monoisotopic (exact) mass is 1530 g/mol. The fourth-order valence-corrected chi connectivity index (χ4v) is 14.8. The summed E-state index contributed by atoms with van der Waals surface area (Å²) in [6.07, 6.45) is 11.8. The van der Waals surface area contributed by atoms with E-state index in [2.05, 4.69) is 113 Å². The molecule has 514 valence electrons. The summed E-state index contributed by atoms with van der Waals surface area (Å²) in [6.45, 7) is 0. The van der Waals surface area contributed by atoms with E-state index in [0.717, 1.165) is 90.5 Å². The van der Waals surface area contributed by atoms with Crippen molar-refractivity contribution in [2.75, 3.05) is 0 Å². The van der Waals surface area contributed by atoms with E-state index >= 15 is 0 Å². The number of halogens is 5. The Labute approximate surface area is 614 Å². The van der Waals surface area contributed by atoms with Crippen molar-refractivity contribution in [1.29, 1.82) is 0 Å². The fourth-order valence-electron chi connectivity index (χ4n) is 13.0. The number of fused-ring (bicyclic) bond motifs is 22. The first kappa shape index (κ1) is 68.2. The summed E-state index contributed by atoms with van der Waals surface area (Å²) in [4.78, 5) is 0.421. The number of phenols is 1. The van der Waals surface area contributed by atoms with Gasteiger partial charge in [0, 0.05) is 77.9 Å². The van der Waals surface area contributed by atoms with Gasteiger partial charge in [0.25, 0.3) is 0 Å². The van der Waals surface area contributed by atoms with Crippen molar-refractivity contribution in [3.63, 3.8) is 0 Å². The fraction of sp³-hybridized carbons (Fsp3) is 0.0575. The predicted molar refractivity (Wildman–Crippen MR) is 407 cm³/mol. The molecule has 2 bridgehead atoms. The molecule has 0 aliphatic carbocycles. The number of ether oxygens (including phenoxy) is 6. The number of para-hydroxylation sites is 10. The Balaban J connectivity index is 0.000000104. The maximum Gasteiger partial charge on any atom is 0.534 e. The van der Waals surface area contributed by atoms with Crippen LogP contribution in [0.3, 0.4) is 0 Å². The van der Waals surface area contributed by atoms with Crippen LogP contribution in [-0.4, -0.2) is 31.2 Å². The molecule has 0 spiro atoms. The highest BCUT2D eigenvalue weighted by Crippen LogP contribution is 2.56. The van der Waals surface area contributed by atoms with E-state index in [-0.39, 0.29) is 33.2 Å². The molecule has 12 aromatic carbocycles. The molecule has 104 heavy (non-hydrogen) atoms. The van der Waals surface area contributed by atoms with Crippen LogP contribution in [0.25, 0.3) is 67.8 Å². The average Bonchev–Trinajstić information content (AvgIpc) is 1.58. The first-order valence-electron chi connectivity index (χ1n) is 33.0. The van der Waals surface area contributed by atoms with Gasteiger partial charge in [-0.3, -0.25) is 0 Å². The highest BCUT2D eigenvalue weighted by Gasteiger charge is 2.49. The van der Waals surface area contributed by atoms with Gasteiger partial charge in [0.15, 0.2) is 5.75 Å². The summed E-state index contributed by atoms with van der Waals surface area (Å²) >= 11 is 7.49. The minimum atomic E-state index is -5.82. The minimum Gasteiger partial charge on any atom is -0.507 e. The van der Waals surface area contributed by atoms with Gasteiger partial charge in [0.05, 0.1) is 22.2 Å². The van der Waals surface area contributed by atoms with E-state index in [0.29, 0.717) is 28.2 Å². The zero-order valence-electron chi connectivity index (χ0n) is 54.8. The molecule has 17 heteroatoms. The molecular formula is C87H59Br2F3O11S. The van der Waals surface area contributed by atoms with E-state index in [1.54, 1.807) is 73.2 Å². The van der Waals surface area contributed by atoms with Gasteiger partial charge in [-0.1, -0.05) is 262 Å². The van der Waals surface area contributed by atoms with Crippen LogP contribution in [-0.2, 0) is 14.9 Å². The highest BCUT2D eigenvalue weighted by atomic mass is 79.9. The van der Waals surface area contributed by atoms with Crippen molar-refractivity contribution in [2.45, 2.75) is 27.4 Å². The van der Waals surface area contributed by atoms with Crippen LogP contribution in [0.4, 0.5) is 13.2 Å². The maximum absolute atomic E-state index is 12.8. The largest absolute Gasteiger partial charge is 0.534 e. The van der Waals surface area contributed by atoms with E-state index in [1.807, 2.05) is 170 Å². The van der Waals surface area contributed by atoms with Gasteiger partial charge in [-0.15, -0.1) is 0 Å². The number of phenolic OH excluding ortho intramolecular Hbond substituents is 1. The maximum atomic E-state index is 12.8. The smallest absolute Gasteiger partial charge is 0.507 e. The lowest BCUT2D eigenvalue weighted by molar-refractivity contribution is -0.0499. The molecule has 0 fully saturated rings. The number of rotatable bonds is 2. The molecule has 1 aromatic heterocycles. The second kappa shape index (κ2) is 29.8. The summed E-state index contributed by atoms with van der Waals surface area (Å²) in [5, 5.41) is 10.3. The lowest BCUT2D eigenvalue weighted by Crippen LogP contribution is -2.28. The molecule has 20 rings (SSSR count). The van der Waals surface area contributed by atoms with Crippen molar-refractivity contribution < 1.29 is 63.7 Å². The Kier molecular flexibility index (Phi) is 19.5. The van der Waals surface area contributed by atoms with Crippen molar-refractivity contribution in [2.24, 2.45) is 0 Å². The third-order valence-corrected chi connectivity index (χ3v) is 21.4. The van der Waals surface area contributed by atoms with E-state index < -0.39 is 21.4 Å². The van der Waals surface area contributed by atoms with Gasteiger partial charge in [-0.05, 0) is 96.1 Å². The zero-order valence-corrected chi connectivity index (χ0v) is 58.8. The molecule has 13 aromatic rings. The van der Waals surface area contributed by atoms with Gasteiger partial charge in [-0.25, -0.2) is 0 Å². The summed E-state index contributed by atoms with van der Waals surface area (Å²) in [5.41, 5.74) is 9.35. The van der Waals surface area contributed by atoms with Crippen molar-refractivity contribution in [3.05, 3.63) is 349 Å². The second-order valence-electron chi connectivity index (χ2n) is 24.1. The molecule has 0 amide bonds. The molecule has 0 radical (unpaired) electrons. The van der Waals surface area contributed by atoms with Gasteiger partial charge in [0.1, 0.15) is 75.5 Å². The van der Waals surface area contributed by atoms with Crippen molar-refractivity contribution in [1.82, 2.24) is 0 Å². The highest BCUT2D eigenvalue weighted by molar-refractivity contribution is 9.12. The quantitative estimate of drug-likeness (QED) is 0.0768. The molecule has 4 atom stereocenters. The summed E-state index contributed by atoms with van der Waals surface area (Å²) < 4.78 is 107. The van der Waals surface area contributed by atoms with Crippen LogP contribution in [0.5, 0.6) is 69.0 Å². The first-order chi connectivity index (χ1) is 50.7. The van der Waals surface area contributed by atoms with Crippen molar-refractivity contribution >= 4 is 65.3 Å². The van der Waals surface area contributed by atoms with Gasteiger partial charge in [-0.2, -0.15) is 21.6 Å². The summed E-state index contributed by atoms with van der Waals surface area (Å²) in [5.74, 6) is 7.80. The third kappa shape index (κ3) is 14.0. The Bertz CT molecular complexity index is 5380. The average molecular weight is 1530 g/mol. The predicted octanol–water partition coefficient (Wildman–Crippen LogP) is 24.8. The van der Waals surface area contributed by atoms with E-state index in [1.165, 1.54) is 34.4 Å². The lowest BCUT2D eigenvalue weighted by Gasteiger charge is -2.15. The third-order valence-electron chi connectivity index (χ3n) is 17.7. The Morgan fingerprint density at radius 1 is 0.346 bits per heavy atom. The summed E-state index contributed by atoms with van der Waals surface area (Å²) in [7, 11) is -5.82. The van der Waals surface area contributed by atoms with Gasteiger partial charge >= 0.3 is 15.6 Å². The molecule has 7 aliphatic rings. The lowest BCUT2D eigenvalue weighted by atomic mass is 9.87. The number of alkyl halides is 5. The van der Waals surface area contributed by atoms with Gasteiger partial charge < -0.3 is 42.1 Å². The standard InChI is InChI=1S/C19H11F3O4S.2C18H12O2.C14H10Br2O.C14H10O.C4H4O/c20-19(21,22)27(23,24)26-17-11-5-8-13-12-6-1-3-9-15(12)25-16-10-4-2-7-14(16)18(13)17;1-3-7-13-11(5-1)17-15-9-10-16(20-15)18(17)12-6-2-4-8-14(12)19-13;19-15-9-5-8-13-12-6-1-3-10-16(12)20-17-11-4-2-7-14(17)18(13)15;15-13-9-5-1-3-7-11(9)17-12-8-4-2-6-10(12)14(13)16;1-3-7-13-11(5-1)9-10-12-6-2-4-8-14(12)15-13;1-2-4-5-3-1/h1-11H;1-10,15-16H;1-11,19H;1-8,13-14H;1-10H;1-4H. The molecule has 1 N–H and O–H groups in total. The van der Waals surface area contributed by atoms with E-state index in [4.69, 9.17) is 28.4 Å². The molecule has 4 unspecified atom stereocenters. The molecule has 7 aliphatic heterocycles. The molecule has 0 saturated carbocycles. The van der Waals surface area contributed by atoms with Crippen LogP contribution in [0.15, 0.2) is 320 Å². The van der Waals surface area contributed by atoms with Crippen LogP contribution < -0.4 is 27.9 Å². The number of benzene rings is 12. The van der Waals surface area contributed by atoms with Crippen LogP contribution >= 0.6 is 31.9 Å². The number of hydrogen-bond acceptors (Lipinski definition) is 11. The Hall–Kier alpha value is -11.6. The normalized spacial score (nSPS) is 16.1. The SMILES string of the molecule is BrC1c2ccccc2Oc2ccccc2C1Br.C1=CC2OC1C1=C2c2ccccc2Oc2ccccc21.C1=Cc2ccccc2Oc2ccccc21.O=S(=O)(Oc1cccc2c1-c1ccccc1Oc1ccccc1-2)C(F)(F)F.Oc1cccc2c1-c1ccccc1Oc1ccccc1-2.c1ccoc1. The van der Waals surface area contributed by atoms with Crippen LogP contribution in [0, 0.1) is 0 Å². The van der Waals surface area contributed by atoms with Crippen LogP contribution in [0.1, 0.15) is 43.0 Å². The summed E-state index contributed by atoms with van der Waals surface area (Å²) in [6, 6.07) is 91.6. The molecular weight excluding hydrogens is 1470 g/mol. The molecule has 11 nitrogen and oxygen atoms in total. The first-order valence-corrected chi connectivity index (χ1v) is 36.3. The Morgan fingerprint density at radius 3 is 1.12 bits per heavy atom. The molecule has 0 saturated heterocycles. The number of furan rings is 1. The zero-order chi connectivity index (χ0) is 71.3. The second-order valence-corrected chi connectivity index (χ2v) is 27.6. The Morgan fingerprint density at radius 2 is 0.673 bits per heavy atom. The number of aromatic hydroxyl groups is 1. The van der Waals surface area contributed by atoms with Gasteiger partial charge in [0.2, 0.25) is 0 Å². The topological polar surface area (TPSA) is 132 Å². The van der Waals surface area contributed by atoms with Crippen molar-refractivity contribution in [3.8, 4) is 114 Å². The van der Waals surface area contributed by atoms with Crippen LogP contribution in [0.2, 0.25) is 0 Å². The molecule has 8 heterocycles. The number of hydrogen-bond donors (Lipinski definition) is 1. The minimum absolute atomic E-state index is 0.0610.